The van der Waals surface area contributed by atoms with Crippen molar-refractivity contribution in [3.05, 3.63) is 65.4 Å². The Morgan fingerprint density at radius 3 is 2.31 bits per heavy atom. The van der Waals surface area contributed by atoms with Crippen molar-refractivity contribution in [2.75, 3.05) is 13.1 Å². The summed E-state index contributed by atoms with van der Waals surface area (Å²) in [6.45, 7) is 1.55. The second kappa shape index (κ2) is 7.30. The Kier molecular flexibility index (Phi) is 4.71. The number of rotatable bonds is 3. The molecule has 132 valence electrons. The Balaban J connectivity index is 1.77. The van der Waals surface area contributed by atoms with Gasteiger partial charge in [0.05, 0.1) is 5.69 Å². The Morgan fingerprint density at radius 1 is 0.923 bits per heavy atom. The number of piperidine rings is 1. The van der Waals surface area contributed by atoms with Gasteiger partial charge in [-0.15, -0.1) is 5.10 Å². The Bertz CT molecular complexity index is 899. The number of hydrogen-bond donors (Lipinski definition) is 0. The van der Waals surface area contributed by atoms with Gasteiger partial charge in [-0.25, -0.2) is 9.67 Å². The van der Waals surface area contributed by atoms with Crippen molar-refractivity contribution in [3.63, 3.8) is 0 Å². The summed E-state index contributed by atoms with van der Waals surface area (Å²) in [4.78, 5) is 19.3. The van der Waals surface area contributed by atoms with Crippen LogP contribution in [-0.2, 0) is 0 Å². The number of amides is 1. The van der Waals surface area contributed by atoms with Crippen molar-refractivity contribution in [1.82, 2.24) is 19.7 Å². The lowest BCUT2D eigenvalue weighted by atomic mass is 10.1. The zero-order valence-corrected chi connectivity index (χ0v) is 15.1. The Morgan fingerprint density at radius 2 is 1.62 bits per heavy atom. The first-order valence-electron chi connectivity index (χ1n) is 8.80. The summed E-state index contributed by atoms with van der Waals surface area (Å²) >= 11 is 6.01. The molecule has 1 aliphatic rings. The maximum Gasteiger partial charge on any atom is 0.293 e. The SMILES string of the molecule is O=C(c1nc(-c2ccccc2)n(-c2ccc(Cl)cc2)n1)N1CCCCC1. The molecular formula is C20H19ClN4O. The molecule has 2 aromatic carbocycles. The number of carbonyl (C=O) groups excluding carboxylic acids is 1. The van der Waals surface area contributed by atoms with E-state index in [1.165, 1.54) is 6.42 Å². The highest BCUT2D eigenvalue weighted by Gasteiger charge is 2.24. The minimum Gasteiger partial charge on any atom is -0.336 e. The zero-order valence-electron chi connectivity index (χ0n) is 14.3. The van der Waals surface area contributed by atoms with Gasteiger partial charge in [0.1, 0.15) is 0 Å². The van der Waals surface area contributed by atoms with Crippen LogP contribution in [0.4, 0.5) is 0 Å². The van der Waals surface area contributed by atoms with E-state index in [9.17, 15) is 4.79 Å². The van der Waals surface area contributed by atoms with Crippen LogP contribution in [0.5, 0.6) is 0 Å². The van der Waals surface area contributed by atoms with Crippen LogP contribution in [0, 0.1) is 0 Å². The molecule has 1 aliphatic heterocycles. The van der Waals surface area contributed by atoms with Crippen LogP contribution in [0.15, 0.2) is 54.6 Å². The van der Waals surface area contributed by atoms with Crippen molar-refractivity contribution >= 4 is 17.5 Å². The van der Waals surface area contributed by atoms with Crippen molar-refractivity contribution < 1.29 is 4.79 Å². The van der Waals surface area contributed by atoms with Gasteiger partial charge in [0.15, 0.2) is 5.82 Å². The number of halogens is 1. The van der Waals surface area contributed by atoms with E-state index in [-0.39, 0.29) is 11.7 Å². The summed E-state index contributed by atoms with van der Waals surface area (Å²) in [6, 6.07) is 17.1. The third-order valence-corrected chi connectivity index (χ3v) is 4.80. The fourth-order valence-electron chi connectivity index (χ4n) is 3.18. The number of likely N-dealkylation sites (tertiary alicyclic amines) is 1. The van der Waals surface area contributed by atoms with Gasteiger partial charge in [0, 0.05) is 23.7 Å². The van der Waals surface area contributed by atoms with E-state index in [1.807, 2.05) is 47.4 Å². The predicted molar refractivity (Wildman–Crippen MR) is 102 cm³/mol. The standard InChI is InChI=1S/C20H19ClN4O/c21-16-9-11-17(12-10-16)25-19(15-7-3-1-4-8-15)22-18(23-25)20(26)24-13-5-2-6-14-24/h1,3-4,7-12H,2,5-6,13-14H2. The Hall–Kier alpha value is -2.66. The third kappa shape index (κ3) is 3.35. The maximum absolute atomic E-state index is 12.8. The van der Waals surface area contributed by atoms with E-state index >= 15 is 0 Å². The van der Waals surface area contributed by atoms with Crippen LogP contribution in [0.2, 0.25) is 5.02 Å². The average Bonchev–Trinajstić information content (AvgIpc) is 3.15. The van der Waals surface area contributed by atoms with E-state index in [1.54, 1.807) is 16.8 Å². The molecule has 1 amide bonds. The van der Waals surface area contributed by atoms with Crippen LogP contribution in [0.25, 0.3) is 17.1 Å². The lowest BCUT2D eigenvalue weighted by Crippen LogP contribution is -2.36. The molecule has 3 aromatic rings. The molecule has 0 atom stereocenters. The first-order valence-corrected chi connectivity index (χ1v) is 9.18. The second-order valence-electron chi connectivity index (χ2n) is 6.37. The van der Waals surface area contributed by atoms with E-state index in [0.29, 0.717) is 10.8 Å². The van der Waals surface area contributed by atoms with Gasteiger partial charge in [0.25, 0.3) is 5.91 Å². The van der Waals surface area contributed by atoms with Crippen LogP contribution in [0.1, 0.15) is 29.9 Å². The predicted octanol–water partition coefficient (Wildman–Crippen LogP) is 4.21. The summed E-state index contributed by atoms with van der Waals surface area (Å²) in [5.74, 6) is 0.781. The molecule has 2 heterocycles. The van der Waals surface area contributed by atoms with Crippen molar-refractivity contribution in [2.24, 2.45) is 0 Å². The molecule has 6 heteroatoms. The number of carbonyl (C=O) groups is 1. The molecule has 26 heavy (non-hydrogen) atoms. The molecule has 4 rings (SSSR count). The van der Waals surface area contributed by atoms with Gasteiger partial charge < -0.3 is 4.90 Å². The van der Waals surface area contributed by atoms with Gasteiger partial charge in [-0.1, -0.05) is 41.9 Å². The molecule has 5 nitrogen and oxygen atoms in total. The van der Waals surface area contributed by atoms with Crippen LogP contribution < -0.4 is 0 Å². The minimum atomic E-state index is -0.102. The molecule has 0 unspecified atom stereocenters. The largest absolute Gasteiger partial charge is 0.336 e. The first kappa shape index (κ1) is 16.8. The van der Waals surface area contributed by atoms with E-state index in [4.69, 9.17) is 11.6 Å². The molecule has 1 saturated heterocycles. The number of nitrogens with zero attached hydrogens (tertiary/aromatic N) is 4. The van der Waals surface area contributed by atoms with Gasteiger partial charge in [-0.3, -0.25) is 4.79 Å². The monoisotopic (exact) mass is 366 g/mol. The fraction of sp³-hybridized carbons (Fsp3) is 0.250. The quantitative estimate of drug-likeness (QED) is 0.697. The smallest absolute Gasteiger partial charge is 0.293 e. The highest BCUT2D eigenvalue weighted by Crippen LogP contribution is 2.23. The van der Waals surface area contributed by atoms with E-state index < -0.39 is 0 Å². The lowest BCUT2D eigenvalue weighted by molar-refractivity contribution is 0.0712. The van der Waals surface area contributed by atoms with Gasteiger partial charge in [0.2, 0.25) is 5.82 Å². The molecule has 0 spiro atoms. The molecule has 0 N–H and O–H groups in total. The van der Waals surface area contributed by atoms with E-state index in [0.717, 1.165) is 37.2 Å². The van der Waals surface area contributed by atoms with Crippen LogP contribution in [0.3, 0.4) is 0 Å². The van der Waals surface area contributed by atoms with Gasteiger partial charge in [-0.05, 0) is 43.5 Å². The molecule has 1 fully saturated rings. The molecule has 0 radical (unpaired) electrons. The zero-order chi connectivity index (χ0) is 17.9. The highest BCUT2D eigenvalue weighted by atomic mass is 35.5. The molecule has 0 bridgehead atoms. The second-order valence-corrected chi connectivity index (χ2v) is 6.80. The highest BCUT2D eigenvalue weighted by molar-refractivity contribution is 6.30. The van der Waals surface area contributed by atoms with Gasteiger partial charge >= 0.3 is 0 Å². The van der Waals surface area contributed by atoms with Crippen LogP contribution >= 0.6 is 11.6 Å². The molecule has 0 aliphatic carbocycles. The maximum atomic E-state index is 12.8. The molecule has 0 saturated carbocycles. The summed E-state index contributed by atoms with van der Waals surface area (Å²) in [6.07, 6.45) is 3.25. The summed E-state index contributed by atoms with van der Waals surface area (Å²) in [5.41, 5.74) is 1.73. The third-order valence-electron chi connectivity index (χ3n) is 4.54. The van der Waals surface area contributed by atoms with Gasteiger partial charge in [-0.2, -0.15) is 0 Å². The summed E-state index contributed by atoms with van der Waals surface area (Å²) < 4.78 is 1.71. The van der Waals surface area contributed by atoms with Crippen LogP contribution in [-0.4, -0.2) is 38.7 Å². The summed E-state index contributed by atoms with van der Waals surface area (Å²) in [7, 11) is 0. The van der Waals surface area contributed by atoms with Crippen molar-refractivity contribution in [3.8, 4) is 17.1 Å². The lowest BCUT2D eigenvalue weighted by Gasteiger charge is -2.25. The number of benzene rings is 2. The number of aromatic nitrogens is 3. The molecular weight excluding hydrogens is 348 g/mol. The number of hydrogen-bond acceptors (Lipinski definition) is 3. The topological polar surface area (TPSA) is 51.0 Å². The first-order chi connectivity index (χ1) is 12.7. The minimum absolute atomic E-state index is 0.102. The fourth-order valence-corrected chi connectivity index (χ4v) is 3.30. The Labute approximate surface area is 157 Å². The normalized spacial score (nSPS) is 14.4. The molecule has 1 aromatic heterocycles. The van der Waals surface area contributed by atoms with E-state index in [2.05, 4.69) is 10.1 Å². The average molecular weight is 367 g/mol. The van der Waals surface area contributed by atoms with Crippen molar-refractivity contribution in [2.45, 2.75) is 19.3 Å². The van der Waals surface area contributed by atoms with Crippen molar-refractivity contribution in [1.29, 1.82) is 0 Å². The summed E-state index contributed by atoms with van der Waals surface area (Å²) in [5, 5.41) is 5.19.